The number of halogens is 2. The number of ether oxygens (including phenoxy) is 4. The summed E-state index contributed by atoms with van der Waals surface area (Å²) in [5, 5.41) is 4.75. The van der Waals surface area contributed by atoms with Gasteiger partial charge in [-0.1, -0.05) is 29.8 Å². The van der Waals surface area contributed by atoms with Gasteiger partial charge in [0.2, 0.25) is 0 Å². The Balaban J connectivity index is 1.58. The molecule has 1 aromatic carbocycles. The number of methoxy groups -OCH3 is 3. The second-order valence-electron chi connectivity index (χ2n) is 9.61. The molecular weight excluding hydrogens is 571 g/mol. The molecule has 0 radical (unpaired) electrons. The number of benzene rings is 1. The van der Waals surface area contributed by atoms with Crippen molar-refractivity contribution in [1.82, 2.24) is 15.0 Å². The molecule has 2 aliphatic rings. The molecule has 0 saturated carbocycles. The summed E-state index contributed by atoms with van der Waals surface area (Å²) in [7, 11) is 4.74. The van der Waals surface area contributed by atoms with Crippen LogP contribution < -0.4 is 19.7 Å². The topological polar surface area (TPSA) is 120 Å². The van der Waals surface area contributed by atoms with Crippen LogP contribution in [0.15, 0.2) is 36.0 Å². The van der Waals surface area contributed by atoms with Gasteiger partial charge in [-0.05, 0) is 18.6 Å². The number of carbonyl (C=O) groups is 1. The van der Waals surface area contributed by atoms with Gasteiger partial charge in [0.25, 0.3) is 5.91 Å². The molecule has 2 aromatic heterocycles. The molecule has 1 unspecified atom stereocenters. The summed E-state index contributed by atoms with van der Waals surface area (Å²) in [6.45, 7) is 5.73. The van der Waals surface area contributed by atoms with E-state index in [2.05, 4.69) is 26.8 Å². The first kappa shape index (κ1) is 29.0. The third kappa shape index (κ3) is 5.94. The predicted octanol–water partition coefficient (Wildman–Crippen LogP) is 4.45. The summed E-state index contributed by atoms with van der Waals surface area (Å²) in [5.74, 6) is 1.89. The molecule has 1 amide bonds. The third-order valence-corrected chi connectivity index (χ3v) is 7.91. The second kappa shape index (κ2) is 12.6. The van der Waals surface area contributed by atoms with E-state index in [1.165, 1.54) is 20.3 Å². The molecule has 41 heavy (non-hydrogen) atoms. The van der Waals surface area contributed by atoms with Crippen molar-refractivity contribution in [3.8, 4) is 22.9 Å². The molecule has 4 heterocycles. The Bertz CT molecular complexity index is 1470. The highest BCUT2D eigenvalue weighted by atomic mass is 35.5. The molecule has 0 bridgehead atoms. The summed E-state index contributed by atoms with van der Waals surface area (Å²) in [4.78, 5) is 32.1. The average molecular weight is 601 g/mol. The standard InChI is InChI=1S/C28H30Cl2N6O5/c1-5-23(37)32-10-15-13-41-14-19(15)33-22-8-17-18(11-31-22)34-27(35-28(17)36-7-6-16(12-36)38-2)24-25(29)20(39-3)9-21(40-4)26(24)30/h5,8-11,15-16,19H,1,6-7,12-14H2,2-4H3,(H,31,33)/b32-10+/t15-,16?,19+/m0/s1. The molecule has 0 spiro atoms. The van der Waals surface area contributed by atoms with Crippen LogP contribution in [0.2, 0.25) is 10.0 Å². The maximum atomic E-state index is 11.6. The first-order chi connectivity index (χ1) is 19.9. The quantitative estimate of drug-likeness (QED) is 0.278. The minimum absolute atomic E-state index is 0.0703. The Morgan fingerprint density at radius 2 is 1.93 bits per heavy atom. The SMILES string of the molecule is C=CC(=O)/N=C/[C@H]1COC[C@H]1Nc1cc2c(N3CCC(OC)C3)nc(-c3c(Cl)c(OC)cc(OC)c3Cl)nc2cn1. The molecule has 3 atom stereocenters. The number of amides is 1. The monoisotopic (exact) mass is 600 g/mol. The van der Waals surface area contributed by atoms with E-state index in [-0.39, 0.29) is 28.1 Å². The van der Waals surface area contributed by atoms with Crippen LogP contribution in [0, 0.1) is 5.92 Å². The average Bonchev–Trinajstić information content (AvgIpc) is 3.65. The number of rotatable bonds is 9. The number of fused-ring (bicyclic) bond motifs is 1. The number of carbonyl (C=O) groups excluding carboxylic acids is 1. The predicted molar refractivity (Wildman–Crippen MR) is 159 cm³/mol. The number of nitrogens with zero attached hydrogens (tertiary/aromatic N) is 5. The van der Waals surface area contributed by atoms with Crippen LogP contribution in [-0.2, 0) is 14.3 Å². The summed E-state index contributed by atoms with van der Waals surface area (Å²) in [6, 6.07) is 3.40. The summed E-state index contributed by atoms with van der Waals surface area (Å²) >= 11 is 13.4. The minimum atomic E-state index is -0.397. The van der Waals surface area contributed by atoms with Crippen molar-refractivity contribution in [2.75, 3.05) is 57.8 Å². The van der Waals surface area contributed by atoms with Crippen LogP contribution in [-0.4, -0.2) is 86.9 Å². The lowest BCUT2D eigenvalue weighted by atomic mass is 10.1. The van der Waals surface area contributed by atoms with Crippen molar-refractivity contribution in [2.24, 2.45) is 10.9 Å². The molecule has 2 saturated heterocycles. The van der Waals surface area contributed by atoms with Crippen molar-refractivity contribution >= 4 is 57.9 Å². The number of aromatic nitrogens is 3. The first-order valence-corrected chi connectivity index (χ1v) is 13.7. The zero-order valence-electron chi connectivity index (χ0n) is 22.9. The summed E-state index contributed by atoms with van der Waals surface area (Å²) in [5.41, 5.74) is 0.999. The lowest BCUT2D eigenvalue weighted by Gasteiger charge is -2.22. The van der Waals surface area contributed by atoms with Gasteiger partial charge >= 0.3 is 0 Å². The Labute approximate surface area is 247 Å². The Kier molecular flexibility index (Phi) is 8.88. The highest BCUT2D eigenvalue weighted by Crippen LogP contribution is 2.46. The van der Waals surface area contributed by atoms with Crippen molar-refractivity contribution < 1.29 is 23.7 Å². The highest BCUT2D eigenvalue weighted by Gasteiger charge is 2.30. The molecule has 13 heteroatoms. The van der Waals surface area contributed by atoms with E-state index in [1.54, 1.807) is 25.6 Å². The fraction of sp³-hybridized carbons (Fsp3) is 0.393. The van der Waals surface area contributed by atoms with Crippen LogP contribution >= 0.6 is 23.2 Å². The van der Waals surface area contributed by atoms with Gasteiger partial charge in [-0.3, -0.25) is 4.79 Å². The fourth-order valence-corrected chi connectivity index (χ4v) is 5.59. The molecule has 3 aromatic rings. The lowest BCUT2D eigenvalue weighted by molar-refractivity contribution is -0.113. The van der Waals surface area contributed by atoms with E-state index < -0.39 is 5.91 Å². The van der Waals surface area contributed by atoms with Crippen LogP contribution in [0.1, 0.15) is 6.42 Å². The van der Waals surface area contributed by atoms with Crippen molar-refractivity contribution in [2.45, 2.75) is 18.6 Å². The van der Waals surface area contributed by atoms with Gasteiger partial charge in [0.05, 0.1) is 66.9 Å². The Morgan fingerprint density at radius 1 is 1.17 bits per heavy atom. The first-order valence-electron chi connectivity index (χ1n) is 13.0. The highest BCUT2D eigenvalue weighted by molar-refractivity contribution is 6.41. The van der Waals surface area contributed by atoms with Crippen LogP contribution in [0.3, 0.4) is 0 Å². The largest absolute Gasteiger partial charge is 0.495 e. The van der Waals surface area contributed by atoms with Crippen molar-refractivity contribution in [3.05, 3.63) is 41.0 Å². The van der Waals surface area contributed by atoms with Gasteiger partial charge in [-0.25, -0.2) is 19.9 Å². The maximum Gasteiger partial charge on any atom is 0.268 e. The van der Waals surface area contributed by atoms with E-state index in [9.17, 15) is 4.79 Å². The van der Waals surface area contributed by atoms with Gasteiger partial charge in [0, 0.05) is 43.8 Å². The van der Waals surface area contributed by atoms with Gasteiger partial charge in [-0.2, -0.15) is 0 Å². The molecule has 11 nitrogen and oxygen atoms in total. The normalized spacial score (nSPS) is 20.6. The van der Waals surface area contributed by atoms with E-state index in [0.29, 0.717) is 59.8 Å². The number of aliphatic imine (C=N–C) groups is 1. The summed E-state index contributed by atoms with van der Waals surface area (Å²) in [6.07, 6.45) is 5.37. The number of hydrogen-bond acceptors (Lipinski definition) is 10. The number of hydrogen-bond donors (Lipinski definition) is 1. The van der Waals surface area contributed by atoms with E-state index >= 15 is 0 Å². The van der Waals surface area contributed by atoms with Crippen LogP contribution in [0.25, 0.3) is 22.3 Å². The lowest BCUT2D eigenvalue weighted by Crippen LogP contribution is -2.29. The van der Waals surface area contributed by atoms with Gasteiger partial charge in [0.1, 0.15) is 23.1 Å². The number of anilines is 2. The molecule has 5 rings (SSSR count). The van der Waals surface area contributed by atoms with Crippen LogP contribution in [0.4, 0.5) is 11.6 Å². The molecule has 2 fully saturated rings. The molecule has 216 valence electrons. The zero-order chi connectivity index (χ0) is 29.1. The summed E-state index contributed by atoms with van der Waals surface area (Å²) < 4.78 is 22.2. The van der Waals surface area contributed by atoms with Gasteiger partial charge in [-0.15, -0.1) is 0 Å². The Hall–Kier alpha value is -3.51. The van der Waals surface area contributed by atoms with Gasteiger partial charge in [0.15, 0.2) is 5.82 Å². The second-order valence-corrected chi connectivity index (χ2v) is 10.4. The third-order valence-electron chi connectivity index (χ3n) is 7.16. The maximum absolute atomic E-state index is 11.6. The van der Waals surface area contributed by atoms with E-state index in [0.717, 1.165) is 18.4 Å². The molecule has 1 N–H and O–H groups in total. The smallest absolute Gasteiger partial charge is 0.268 e. The number of nitrogens with one attached hydrogen (secondary N) is 1. The zero-order valence-corrected chi connectivity index (χ0v) is 24.4. The fourth-order valence-electron chi connectivity index (χ4n) is 4.92. The minimum Gasteiger partial charge on any atom is -0.495 e. The van der Waals surface area contributed by atoms with E-state index in [4.69, 9.17) is 52.1 Å². The number of pyridine rings is 1. The van der Waals surface area contributed by atoms with Crippen LogP contribution in [0.5, 0.6) is 11.5 Å². The van der Waals surface area contributed by atoms with Crippen molar-refractivity contribution in [3.63, 3.8) is 0 Å². The molecule has 2 aliphatic heterocycles. The van der Waals surface area contributed by atoms with E-state index in [1.807, 2.05) is 6.07 Å². The van der Waals surface area contributed by atoms with Crippen molar-refractivity contribution in [1.29, 1.82) is 0 Å². The molecule has 0 aliphatic carbocycles. The Morgan fingerprint density at radius 3 is 2.59 bits per heavy atom. The molecular formula is C28H30Cl2N6O5. The van der Waals surface area contributed by atoms with Gasteiger partial charge < -0.3 is 29.2 Å².